The SMILES string of the molecule is CC(C)(c1ccc(-c2ccccc2)c(F)c1)c1cc(/N=C(\N)N2CCCCCC2)on1. The van der Waals surface area contributed by atoms with Crippen LogP contribution >= 0.6 is 0 Å². The van der Waals surface area contributed by atoms with Crippen molar-refractivity contribution in [2.45, 2.75) is 44.9 Å². The third-order valence-electron chi connectivity index (χ3n) is 6.07. The van der Waals surface area contributed by atoms with Crippen LogP contribution in [0.5, 0.6) is 0 Å². The lowest BCUT2D eigenvalue weighted by atomic mass is 9.81. The monoisotopic (exact) mass is 420 g/mol. The third kappa shape index (κ3) is 4.63. The molecule has 1 aromatic heterocycles. The average Bonchev–Trinajstić information content (AvgIpc) is 3.07. The van der Waals surface area contributed by atoms with E-state index in [2.05, 4.69) is 15.0 Å². The number of benzene rings is 2. The van der Waals surface area contributed by atoms with E-state index in [1.54, 1.807) is 12.1 Å². The van der Waals surface area contributed by atoms with Crippen LogP contribution < -0.4 is 5.73 Å². The molecule has 3 aromatic rings. The number of guanidine groups is 1. The zero-order valence-electron chi connectivity index (χ0n) is 18.1. The van der Waals surface area contributed by atoms with Crippen molar-refractivity contribution in [3.05, 3.63) is 71.7 Å². The standard InChI is InChI=1S/C25H29FN4O/c1-25(2,19-12-13-20(21(26)16-19)18-10-6-5-7-11-18)22-17-23(31-29-22)28-24(27)30-14-8-3-4-9-15-30/h5-7,10-13,16-17H,3-4,8-9,14-15H2,1-2H3,(H2,27,28). The minimum Gasteiger partial charge on any atom is -0.369 e. The van der Waals surface area contributed by atoms with Gasteiger partial charge in [0.25, 0.3) is 5.88 Å². The molecule has 0 saturated carbocycles. The van der Waals surface area contributed by atoms with Crippen molar-refractivity contribution < 1.29 is 8.91 Å². The fraction of sp³-hybridized carbons (Fsp3) is 0.360. The number of hydrogen-bond donors (Lipinski definition) is 1. The molecule has 0 aliphatic carbocycles. The van der Waals surface area contributed by atoms with Crippen molar-refractivity contribution in [1.29, 1.82) is 0 Å². The number of hydrogen-bond acceptors (Lipinski definition) is 3. The van der Waals surface area contributed by atoms with E-state index < -0.39 is 5.41 Å². The van der Waals surface area contributed by atoms with Gasteiger partial charge in [-0.15, -0.1) is 0 Å². The lowest BCUT2D eigenvalue weighted by Gasteiger charge is -2.23. The third-order valence-corrected chi connectivity index (χ3v) is 6.07. The van der Waals surface area contributed by atoms with Crippen LogP contribution in [0.15, 0.2) is 64.1 Å². The maximum absolute atomic E-state index is 14.9. The van der Waals surface area contributed by atoms with Crippen LogP contribution in [0.1, 0.15) is 50.8 Å². The van der Waals surface area contributed by atoms with E-state index in [1.165, 1.54) is 12.8 Å². The molecule has 162 valence electrons. The summed E-state index contributed by atoms with van der Waals surface area (Å²) in [4.78, 5) is 6.54. The van der Waals surface area contributed by atoms with Crippen molar-refractivity contribution in [3.8, 4) is 11.1 Å². The minimum absolute atomic E-state index is 0.260. The molecule has 2 N–H and O–H groups in total. The Morgan fingerprint density at radius 2 is 1.74 bits per heavy atom. The van der Waals surface area contributed by atoms with Gasteiger partial charge in [-0.25, -0.2) is 4.39 Å². The van der Waals surface area contributed by atoms with Gasteiger partial charge in [0.05, 0.1) is 5.69 Å². The van der Waals surface area contributed by atoms with Crippen molar-refractivity contribution in [1.82, 2.24) is 10.1 Å². The molecule has 4 rings (SSSR count). The van der Waals surface area contributed by atoms with E-state index in [0.717, 1.165) is 37.1 Å². The van der Waals surface area contributed by atoms with Gasteiger partial charge in [-0.1, -0.05) is 74.3 Å². The van der Waals surface area contributed by atoms with Crippen molar-refractivity contribution in [2.24, 2.45) is 10.7 Å². The summed E-state index contributed by atoms with van der Waals surface area (Å²) in [6.45, 7) is 5.81. The van der Waals surface area contributed by atoms with Crippen LogP contribution in [0.3, 0.4) is 0 Å². The second-order valence-electron chi connectivity index (χ2n) is 8.61. The molecule has 0 spiro atoms. The fourth-order valence-electron chi connectivity index (χ4n) is 4.00. The Balaban J connectivity index is 1.56. The highest BCUT2D eigenvalue weighted by molar-refractivity contribution is 5.80. The number of aliphatic imine (C=N–C) groups is 1. The zero-order chi connectivity index (χ0) is 21.8. The molecule has 2 aromatic carbocycles. The first-order valence-electron chi connectivity index (χ1n) is 10.9. The molecule has 1 aliphatic heterocycles. The predicted molar refractivity (Wildman–Crippen MR) is 122 cm³/mol. The highest BCUT2D eigenvalue weighted by Crippen LogP contribution is 2.35. The van der Waals surface area contributed by atoms with Gasteiger partial charge in [0, 0.05) is 30.1 Å². The second kappa shape index (κ2) is 8.92. The van der Waals surface area contributed by atoms with E-state index in [-0.39, 0.29) is 5.82 Å². The highest BCUT2D eigenvalue weighted by atomic mass is 19.1. The summed E-state index contributed by atoms with van der Waals surface area (Å²) in [6, 6.07) is 16.7. The smallest absolute Gasteiger partial charge is 0.253 e. The van der Waals surface area contributed by atoms with E-state index in [4.69, 9.17) is 10.3 Å². The molecule has 1 fully saturated rings. The minimum atomic E-state index is -0.551. The average molecular weight is 421 g/mol. The molecule has 31 heavy (non-hydrogen) atoms. The summed E-state index contributed by atoms with van der Waals surface area (Å²) in [5.74, 6) is 0.566. The van der Waals surface area contributed by atoms with Crippen LogP contribution in [0, 0.1) is 5.82 Å². The normalized spacial score (nSPS) is 15.7. The van der Waals surface area contributed by atoms with Crippen LogP contribution in [0.25, 0.3) is 11.1 Å². The number of nitrogens with zero attached hydrogens (tertiary/aromatic N) is 3. The first-order chi connectivity index (χ1) is 14.9. The van der Waals surface area contributed by atoms with Gasteiger partial charge in [-0.3, -0.25) is 0 Å². The molecule has 0 bridgehead atoms. The summed E-state index contributed by atoms with van der Waals surface area (Å²) in [6.07, 6.45) is 4.69. The maximum Gasteiger partial charge on any atom is 0.253 e. The molecule has 1 aliphatic rings. The van der Waals surface area contributed by atoms with Gasteiger partial charge in [-0.2, -0.15) is 4.99 Å². The number of rotatable bonds is 4. The van der Waals surface area contributed by atoms with Gasteiger partial charge in [0.2, 0.25) is 0 Å². The fourth-order valence-corrected chi connectivity index (χ4v) is 4.00. The highest BCUT2D eigenvalue weighted by Gasteiger charge is 2.28. The summed E-state index contributed by atoms with van der Waals surface area (Å²) in [5.41, 5.74) is 8.59. The van der Waals surface area contributed by atoms with Crippen LogP contribution in [0.4, 0.5) is 10.3 Å². The summed E-state index contributed by atoms with van der Waals surface area (Å²) >= 11 is 0. The Bertz CT molecular complexity index is 1050. The first kappa shape index (κ1) is 21.1. The molecule has 0 unspecified atom stereocenters. The van der Waals surface area contributed by atoms with Crippen LogP contribution in [0.2, 0.25) is 0 Å². The first-order valence-corrected chi connectivity index (χ1v) is 10.9. The Labute approximate surface area is 182 Å². The largest absolute Gasteiger partial charge is 0.369 e. The van der Waals surface area contributed by atoms with Gasteiger partial charge in [-0.05, 0) is 30.0 Å². The molecular weight excluding hydrogens is 391 g/mol. The summed E-state index contributed by atoms with van der Waals surface area (Å²) in [7, 11) is 0. The second-order valence-corrected chi connectivity index (χ2v) is 8.61. The lowest BCUT2D eigenvalue weighted by Crippen LogP contribution is -2.37. The van der Waals surface area contributed by atoms with Gasteiger partial charge >= 0.3 is 0 Å². The predicted octanol–water partition coefficient (Wildman–Crippen LogP) is 5.63. The molecule has 0 amide bonds. The number of aromatic nitrogens is 1. The van der Waals surface area contributed by atoms with Gasteiger partial charge in [0.1, 0.15) is 5.82 Å². The number of halogens is 1. The van der Waals surface area contributed by atoms with Gasteiger partial charge in [0.15, 0.2) is 5.96 Å². The number of nitrogens with two attached hydrogens (primary N) is 1. The topological polar surface area (TPSA) is 67.7 Å². The van der Waals surface area contributed by atoms with E-state index >= 15 is 0 Å². The van der Waals surface area contributed by atoms with Crippen molar-refractivity contribution in [2.75, 3.05) is 13.1 Å². The quantitative estimate of drug-likeness (QED) is 0.439. The Morgan fingerprint density at radius 1 is 1.03 bits per heavy atom. The Kier molecular flexibility index (Phi) is 6.07. The Morgan fingerprint density at radius 3 is 2.42 bits per heavy atom. The van der Waals surface area contributed by atoms with Crippen molar-refractivity contribution in [3.63, 3.8) is 0 Å². The molecule has 1 saturated heterocycles. The van der Waals surface area contributed by atoms with E-state index in [0.29, 0.717) is 23.1 Å². The summed E-state index contributed by atoms with van der Waals surface area (Å²) in [5, 5.41) is 4.21. The van der Waals surface area contributed by atoms with Crippen LogP contribution in [-0.2, 0) is 5.41 Å². The number of likely N-dealkylation sites (tertiary alicyclic amines) is 1. The van der Waals surface area contributed by atoms with E-state index in [1.807, 2.05) is 56.3 Å². The van der Waals surface area contributed by atoms with Gasteiger partial charge < -0.3 is 15.2 Å². The zero-order valence-corrected chi connectivity index (χ0v) is 18.1. The Hall–Kier alpha value is -3.15. The molecule has 2 heterocycles. The summed E-state index contributed by atoms with van der Waals surface area (Å²) < 4.78 is 20.4. The molecule has 0 atom stereocenters. The molecule has 0 radical (unpaired) electrons. The maximum atomic E-state index is 14.9. The van der Waals surface area contributed by atoms with Crippen molar-refractivity contribution >= 4 is 11.8 Å². The molecular formula is C25H29FN4O. The van der Waals surface area contributed by atoms with E-state index in [9.17, 15) is 4.39 Å². The lowest BCUT2D eigenvalue weighted by molar-refractivity contribution is 0.400. The van der Waals surface area contributed by atoms with Crippen LogP contribution in [-0.4, -0.2) is 29.1 Å². The molecule has 6 heteroatoms. The molecule has 5 nitrogen and oxygen atoms in total.